The Hall–Kier alpha value is -1.03. The largest absolute Gasteiger partial charge is 0.363 e. The quantitative estimate of drug-likeness (QED) is 0.126. The third kappa shape index (κ3) is 9.85. The van der Waals surface area contributed by atoms with E-state index in [4.69, 9.17) is 24.4 Å². The number of nitrogens with two attached hydrogens (primary N) is 1. The zero-order chi connectivity index (χ0) is 21.5. The number of rotatable bonds is 4. The van der Waals surface area contributed by atoms with Crippen molar-refractivity contribution < 1.29 is 0 Å². The van der Waals surface area contributed by atoms with Gasteiger partial charge in [0.15, 0.2) is 5.11 Å². The molecule has 2 bridgehead atoms. The van der Waals surface area contributed by atoms with Crippen molar-refractivity contribution in [3.8, 4) is 12.3 Å². The van der Waals surface area contributed by atoms with E-state index in [1.54, 1.807) is 0 Å². The molecular formula is C20H41N9S. The van der Waals surface area contributed by atoms with E-state index in [1.165, 1.54) is 0 Å². The number of thiocarbonyl (C=S) groups is 1. The van der Waals surface area contributed by atoms with Gasteiger partial charge in [0.1, 0.15) is 0 Å². The summed E-state index contributed by atoms with van der Waals surface area (Å²) in [6.45, 7) is 10.6. The first-order chi connectivity index (χ1) is 14.6. The number of fused-ring (bicyclic) bond motifs is 15. The standard InChI is InChI=1S/C20H41N9S/c1-2-3-4-5-28-18(30)29-20-15-25-9-6-22-12-19(21,13-23-7-10-26-16-20)14-24-8-11-27-17-20/h1,22-27H,3-17,21H2,(H2,28,29,30). The molecule has 30 heavy (non-hydrogen) atoms. The Kier molecular flexibility index (Phi) is 11.9. The molecule has 3 saturated heterocycles. The van der Waals surface area contributed by atoms with Gasteiger partial charge in [0, 0.05) is 91.5 Å². The van der Waals surface area contributed by atoms with Gasteiger partial charge in [0.2, 0.25) is 0 Å². The Balaban J connectivity index is 2.05. The lowest BCUT2D eigenvalue weighted by atomic mass is 9.98. The van der Waals surface area contributed by atoms with Crippen molar-refractivity contribution in [1.29, 1.82) is 0 Å². The first-order valence-electron chi connectivity index (χ1n) is 11.1. The van der Waals surface area contributed by atoms with Gasteiger partial charge < -0.3 is 48.3 Å². The zero-order valence-electron chi connectivity index (χ0n) is 18.2. The second kappa shape index (κ2) is 14.1. The Labute approximate surface area is 187 Å². The summed E-state index contributed by atoms with van der Waals surface area (Å²) in [6.07, 6.45) is 7.00. The molecule has 0 radical (unpaired) electrons. The lowest BCUT2D eigenvalue weighted by Gasteiger charge is -2.38. The smallest absolute Gasteiger partial charge is 0.166 e. The molecule has 172 valence electrons. The van der Waals surface area contributed by atoms with E-state index in [0.29, 0.717) is 5.11 Å². The van der Waals surface area contributed by atoms with Gasteiger partial charge in [-0.05, 0) is 18.6 Å². The lowest BCUT2D eigenvalue weighted by Crippen LogP contribution is -2.68. The normalized spacial score (nSPS) is 29.9. The maximum Gasteiger partial charge on any atom is 0.166 e. The number of nitrogens with one attached hydrogen (secondary N) is 8. The van der Waals surface area contributed by atoms with Crippen molar-refractivity contribution in [2.75, 3.05) is 85.1 Å². The summed E-state index contributed by atoms with van der Waals surface area (Å²) in [5, 5.41) is 28.9. The van der Waals surface area contributed by atoms with Gasteiger partial charge in [-0.1, -0.05) is 0 Å². The molecular weight excluding hydrogens is 398 g/mol. The molecule has 0 aromatic carbocycles. The van der Waals surface area contributed by atoms with Crippen LogP contribution < -0.4 is 48.3 Å². The Morgan fingerprint density at radius 3 is 1.70 bits per heavy atom. The maximum atomic E-state index is 6.64. The molecule has 0 aromatic heterocycles. The van der Waals surface area contributed by atoms with E-state index < -0.39 is 0 Å². The molecule has 0 spiro atoms. The van der Waals surface area contributed by atoms with Crippen LogP contribution in [0.25, 0.3) is 0 Å². The summed E-state index contributed by atoms with van der Waals surface area (Å²) < 4.78 is 0. The first kappa shape index (κ1) is 25.2. The molecule has 3 heterocycles. The molecule has 3 fully saturated rings. The van der Waals surface area contributed by atoms with Crippen LogP contribution >= 0.6 is 12.2 Å². The maximum absolute atomic E-state index is 6.64. The molecule has 0 atom stereocenters. The highest BCUT2D eigenvalue weighted by Gasteiger charge is 2.31. The van der Waals surface area contributed by atoms with Gasteiger partial charge in [0.25, 0.3) is 0 Å². The van der Waals surface area contributed by atoms with Crippen LogP contribution in [-0.4, -0.2) is 101 Å². The van der Waals surface area contributed by atoms with Crippen molar-refractivity contribution in [2.45, 2.75) is 23.9 Å². The van der Waals surface area contributed by atoms with Gasteiger partial charge in [-0.15, -0.1) is 12.3 Å². The fraction of sp³-hybridized carbons (Fsp3) is 0.850. The van der Waals surface area contributed by atoms with Crippen LogP contribution in [0.4, 0.5) is 0 Å². The summed E-state index contributed by atoms with van der Waals surface area (Å²) in [5.74, 6) is 2.67. The second-order valence-electron chi connectivity index (χ2n) is 8.39. The fourth-order valence-corrected chi connectivity index (χ4v) is 4.03. The molecule has 0 amide bonds. The van der Waals surface area contributed by atoms with E-state index in [9.17, 15) is 0 Å². The molecule has 10 heteroatoms. The predicted molar refractivity (Wildman–Crippen MR) is 129 cm³/mol. The minimum atomic E-state index is -0.309. The summed E-state index contributed by atoms with van der Waals surface area (Å²) >= 11 is 5.60. The molecule has 3 aliphatic rings. The number of unbranched alkanes of at least 4 members (excludes halogenated alkanes) is 1. The molecule has 0 aromatic rings. The number of hydrogen-bond donors (Lipinski definition) is 9. The van der Waals surface area contributed by atoms with Crippen molar-refractivity contribution in [2.24, 2.45) is 5.73 Å². The summed E-state index contributed by atoms with van der Waals surface area (Å²) in [7, 11) is 0. The predicted octanol–water partition coefficient (Wildman–Crippen LogP) is -3.13. The molecule has 10 N–H and O–H groups in total. The van der Waals surface area contributed by atoms with Crippen molar-refractivity contribution >= 4 is 17.3 Å². The zero-order valence-corrected chi connectivity index (χ0v) is 19.0. The summed E-state index contributed by atoms with van der Waals surface area (Å²) in [4.78, 5) is 0. The van der Waals surface area contributed by atoms with Crippen LogP contribution in [0.5, 0.6) is 0 Å². The van der Waals surface area contributed by atoms with Crippen molar-refractivity contribution in [1.82, 2.24) is 42.5 Å². The fourth-order valence-electron chi connectivity index (χ4n) is 3.71. The van der Waals surface area contributed by atoms with E-state index in [1.807, 2.05) is 0 Å². The molecule has 0 aliphatic carbocycles. The van der Waals surface area contributed by atoms with Gasteiger partial charge in [0.05, 0.1) is 11.1 Å². The second-order valence-corrected chi connectivity index (χ2v) is 8.80. The molecule has 9 nitrogen and oxygen atoms in total. The van der Waals surface area contributed by atoms with Crippen LogP contribution in [0, 0.1) is 12.3 Å². The lowest BCUT2D eigenvalue weighted by molar-refractivity contribution is 0.298. The molecule has 0 unspecified atom stereocenters. The minimum absolute atomic E-state index is 0.248. The van der Waals surface area contributed by atoms with Crippen molar-refractivity contribution in [3.05, 3.63) is 0 Å². The van der Waals surface area contributed by atoms with E-state index >= 15 is 0 Å². The monoisotopic (exact) mass is 439 g/mol. The Morgan fingerprint density at radius 1 is 0.833 bits per heavy atom. The molecule has 3 rings (SSSR count). The van der Waals surface area contributed by atoms with E-state index in [2.05, 4.69) is 48.5 Å². The number of terminal acetylenes is 1. The summed E-state index contributed by atoms with van der Waals surface area (Å²) in [6, 6.07) is 0. The van der Waals surface area contributed by atoms with Crippen molar-refractivity contribution in [3.63, 3.8) is 0 Å². The average Bonchev–Trinajstić information content (AvgIpc) is 2.72. The average molecular weight is 440 g/mol. The van der Waals surface area contributed by atoms with Crippen LogP contribution in [-0.2, 0) is 0 Å². The highest BCUT2D eigenvalue weighted by atomic mass is 32.1. The summed E-state index contributed by atoms with van der Waals surface area (Å²) in [5.41, 5.74) is 6.09. The first-order valence-corrected chi connectivity index (χ1v) is 11.5. The Bertz CT molecular complexity index is 493. The molecule has 0 saturated carbocycles. The van der Waals surface area contributed by atoms with Gasteiger partial charge in [-0.2, -0.15) is 0 Å². The topological polar surface area (TPSA) is 122 Å². The van der Waals surface area contributed by atoms with Gasteiger partial charge >= 0.3 is 0 Å². The minimum Gasteiger partial charge on any atom is -0.363 e. The number of hydrogen-bond acceptors (Lipinski definition) is 8. The van der Waals surface area contributed by atoms with Crippen LogP contribution in [0.15, 0.2) is 0 Å². The third-order valence-electron chi connectivity index (χ3n) is 5.42. The van der Waals surface area contributed by atoms with Crippen LogP contribution in [0.1, 0.15) is 12.8 Å². The Morgan fingerprint density at radius 2 is 1.27 bits per heavy atom. The van der Waals surface area contributed by atoms with Gasteiger partial charge in [-0.25, -0.2) is 0 Å². The van der Waals surface area contributed by atoms with Crippen LogP contribution in [0.3, 0.4) is 0 Å². The highest BCUT2D eigenvalue weighted by Crippen LogP contribution is 2.03. The van der Waals surface area contributed by atoms with E-state index in [0.717, 1.165) is 97.9 Å². The van der Waals surface area contributed by atoms with Crippen LogP contribution in [0.2, 0.25) is 0 Å². The highest BCUT2D eigenvalue weighted by molar-refractivity contribution is 7.80. The molecule has 3 aliphatic heterocycles. The SMILES string of the molecule is C#CCCCNC(=S)NC12CNCCNCC(N)(CNCCNC1)CNCCNC2. The van der Waals surface area contributed by atoms with E-state index in [-0.39, 0.29) is 11.1 Å². The van der Waals surface area contributed by atoms with Gasteiger partial charge in [-0.3, -0.25) is 0 Å². The third-order valence-corrected chi connectivity index (χ3v) is 5.67.